The standard InChI is InChI=1S/C14H20F2N2O/c1-9-3-4-18(13(9)8-19)14-11(15)5-10(7-17-2)6-12(14)16/h5-6,9,13,17,19H,3-4,7-8H2,1-2H3. The predicted octanol–water partition coefficient (Wildman–Crippen LogP) is 1.89. The fourth-order valence-corrected chi connectivity index (χ4v) is 2.76. The Kier molecular flexibility index (Phi) is 4.37. The van der Waals surface area contributed by atoms with E-state index in [0.717, 1.165) is 6.42 Å². The largest absolute Gasteiger partial charge is 0.394 e. The van der Waals surface area contributed by atoms with E-state index in [4.69, 9.17) is 0 Å². The van der Waals surface area contributed by atoms with Crippen molar-refractivity contribution < 1.29 is 13.9 Å². The van der Waals surface area contributed by atoms with E-state index < -0.39 is 11.6 Å². The molecule has 5 heteroatoms. The van der Waals surface area contributed by atoms with Gasteiger partial charge in [-0.05, 0) is 37.1 Å². The van der Waals surface area contributed by atoms with Gasteiger partial charge in [0.2, 0.25) is 0 Å². The van der Waals surface area contributed by atoms with E-state index in [9.17, 15) is 13.9 Å². The normalized spacial score (nSPS) is 23.1. The Bertz CT molecular complexity index is 430. The lowest BCUT2D eigenvalue weighted by Gasteiger charge is -2.28. The van der Waals surface area contributed by atoms with Crippen molar-refractivity contribution in [1.82, 2.24) is 5.32 Å². The van der Waals surface area contributed by atoms with Gasteiger partial charge in [-0.1, -0.05) is 6.92 Å². The number of aliphatic hydroxyl groups is 1. The van der Waals surface area contributed by atoms with Crippen LogP contribution in [0.3, 0.4) is 0 Å². The average molecular weight is 270 g/mol. The Balaban J connectivity index is 2.34. The Morgan fingerprint density at radius 2 is 2.00 bits per heavy atom. The van der Waals surface area contributed by atoms with Crippen molar-refractivity contribution in [2.45, 2.75) is 25.9 Å². The summed E-state index contributed by atoms with van der Waals surface area (Å²) >= 11 is 0. The molecule has 2 unspecified atom stereocenters. The molecule has 0 bridgehead atoms. The first-order valence-corrected chi connectivity index (χ1v) is 6.58. The molecule has 0 radical (unpaired) electrons. The third kappa shape index (κ3) is 2.72. The molecule has 1 aliphatic rings. The van der Waals surface area contributed by atoms with E-state index in [2.05, 4.69) is 5.32 Å². The fraction of sp³-hybridized carbons (Fsp3) is 0.571. The number of aliphatic hydroxyl groups excluding tert-OH is 1. The van der Waals surface area contributed by atoms with Crippen molar-refractivity contribution in [3.05, 3.63) is 29.3 Å². The van der Waals surface area contributed by atoms with Gasteiger partial charge in [0.15, 0.2) is 0 Å². The number of nitrogens with zero attached hydrogens (tertiary/aromatic N) is 1. The van der Waals surface area contributed by atoms with Crippen LogP contribution in [0.2, 0.25) is 0 Å². The van der Waals surface area contributed by atoms with E-state index >= 15 is 0 Å². The summed E-state index contributed by atoms with van der Waals surface area (Å²) in [7, 11) is 1.73. The van der Waals surface area contributed by atoms with Crippen molar-refractivity contribution >= 4 is 5.69 Å². The minimum absolute atomic E-state index is 0.0109. The van der Waals surface area contributed by atoms with Crippen molar-refractivity contribution in [2.75, 3.05) is 25.1 Å². The van der Waals surface area contributed by atoms with Crippen LogP contribution in [0.25, 0.3) is 0 Å². The average Bonchev–Trinajstić information content (AvgIpc) is 2.70. The second kappa shape index (κ2) is 5.84. The molecule has 1 fully saturated rings. The Morgan fingerprint density at radius 3 is 2.53 bits per heavy atom. The first kappa shape index (κ1) is 14.2. The molecule has 2 N–H and O–H groups in total. The quantitative estimate of drug-likeness (QED) is 0.877. The summed E-state index contributed by atoms with van der Waals surface area (Å²) < 4.78 is 28.3. The molecule has 2 atom stereocenters. The second-order valence-electron chi connectivity index (χ2n) is 5.15. The van der Waals surface area contributed by atoms with Gasteiger partial charge >= 0.3 is 0 Å². The van der Waals surface area contributed by atoms with Gasteiger partial charge in [0.05, 0.1) is 12.6 Å². The Hall–Kier alpha value is -1.20. The number of rotatable bonds is 4. The summed E-state index contributed by atoms with van der Waals surface area (Å²) in [6.07, 6.45) is 0.836. The van der Waals surface area contributed by atoms with Crippen LogP contribution < -0.4 is 10.2 Å². The van der Waals surface area contributed by atoms with Gasteiger partial charge in [0.25, 0.3) is 0 Å². The number of anilines is 1. The summed E-state index contributed by atoms with van der Waals surface area (Å²) in [5.41, 5.74) is 0.567. The number of hydrogen-bond donors (Lipinski definition) is 2. The number of nitrogens with one attached hydrogen (secondary N) is 1. The van der Waals surface area contributed by atoms with Crippen molar-refractivity contribution in [2.24, 2.45) is 5.92 Å². The molecule has 1 heterocycles. The monoisotopic (exact) mass is 270 g/mol. The highest BCUT2D eigenvalue weighted by atomic mass is 19.1. The first-order chi connectivity index (χ1) is 9.08. The first-order valence-electron chi connectivity index (χ1n) is 6.58. The SMILES string of the molecule is CNCc1cc(F)c(N2CCC(C)C2CO)c(F)c1. The molecule has 19 heavy (non-hydrogen) atoms. The van der Waals surface area contributed by atoms with Gasteiger partial charge in [-0.2, -0.15) is 0 Å². The number of benzene rings is 1. The Morgan fingerprint density at radius 1 is 1.37 bits per heavy atom. The molecule has 0 amide bonds. The molecule has 1 aliphatic heterocycles. The fourth-order valence-electron chi connectivity index (χ4n) is 2.76. The highest BCUT2D eigenvalue weighted by Gasteiger charge is 2.33. The molecule has 1 aromatic rings. The van der Waals surface area contributed by atoms with Gasteiger partial charge < -0.3 is 15.3 Å². The van der Waals surface area contributed by atoms with Crippen LogP contribution in [0.5, 0.6) is 0 Å². The van der Waals surface area contributed by atoms with Crippen LogP contribution in [0.1, 0.15) is 18.9 Å². The van der Waals surface area contributed by atoms with E-state index in [-0.39, 0.29) is 24.3 Å². The maximum absolute atomic E-state index is 14.1. The van der Waals surface area contributed by atoms with E-state index in [0.29, 0.717) is 18.7 Å². The maximum Gasteiger partial charge on any atom is 0.149 e. The molecule has 2 rings (SSSR count). The van der Waals surface area contributed by atoms with Crippen LogP contribution in [0.4, 0.5) is 14.5 Å². The second-order valence-corrected chi connectivity index (χ2v) is 5.15. The van der Waals surface area contributed by atoms with Gasteiger partial charge in [0, 0.05) is 13.1 Å². The third-order valence-corrected chi connectivity index (χ3v) is 3.81. The van der Waals surface area contributed by atoms with Crippen LogP contribution >= 0.6 is 0 Å². The van der Waals surface area contributed by atoms with Crippen LogP contribution in [-0.4, -0.2) is 31.3 Å². The third-order valence-electron chi connectivity index (χ3n) is 3.81. The molecule has 106 valence electrons. The van der Waals surface area contributed by atoms with E-state index in [1.165, 1.54) is 12.1 Å². The molecular formula is C14H20F2N2O. The van der Waals surface area contributed by atoms with Gasteiger partial charge in [-0.25, -0.2) is 8.78 Å². The zero-order valence-electron chi connectivity index (χ0n) is 11.3. The summed E-state index contributed by atoms with van der Waals surface area (Å²) in [4.78, 5) is 1.65. The minimum atomic E-state index is -0.558. The summed E-state index contributed by atoms with van der Waals surface area (Å²) in [5, 5.41) is 12.3. The zero-order chi connectivity index (χ0) is 14.0. The lowest BCUT2D eigenvalue weighted by Crippen LogP contribution is -2.36. The summed E-state index contributed by atoms with van der Waals surface area (Å²) in [6.45, 7) is 2.91. The van der Waals surface area contributed by atoms with Gasteiger partial charge in [0.1, 0.15) is 17.3 Å². The highest BCUT2D eigenvalue weighted by molar-refractivity contribution is 5.52. The zero-order valence-corrected chi connectivity index (χ0v) is 11.3. The van der Waals surface area contributed by atoms with Crippen molar-refractivity contribution in [3.63, 3.8) is 0 Å². The highest BCUT2D eigenvalue weighted by Crippen LogP contribution is 2.33. The molecule has 0 aromatic heterocycles. The summed E-state index contributed by atoms with van der Waals surface area (Å²) in [5.74, 6) is -0.878. The molecule has 1 saturated heterocycles. The maximum atomic E-state index is 14.1. The molecular weight excluding hydrogens is 250 g/mol. The molecule has 0 aliphatic carbocycles. The topological polar surface area (TPSA) is 35.5 Å². The lowest BCUT2D eigenvalue weighted by molar-refractivity contribution is 0.244. The predicted molar refractivity (Wildman–Crippen MR) is 71.1 cm³/mol. The summed E-state index contributed by atoms with van der Waals surface area (Å²) in [6, 6.07) is 2.50. The van der Waals surface area contributed by atoms with Crippen molar-refractivity contribution in [1.29, 1.82) is 0 Å². The molecule has 1 aromatic carbocycles. The smallest absolute Gasteiger partial charge is 0.149 e. The van der Waals surface area contributed by atoms with Crippen molar-refractivity contribution in [3.8, 4) is 0 Å². The molecule has 3 nitrogen and oxygen atoms in total. The van der Waals surface area contributed by atoms with Gasteiger partial charge in [-0.15, -0.1) is 0 Å². The van der Waals surface area contributed by atoms with E-state index in [1.807, 2.05) is 6.92 Å². The number of halogens is 2. The van der Waals surface area contributed by atoms with Crippen LogP contribution in [0, 0.1) is 17.6 Å². The van der Waals surface area contributed by atoms with E-state index in [1.54, 1.807) is 11.9 Å². The molecule has 0 spiro atoms. The van der Waals surface area contributed by atoms with Crippen LogP contribution in [-0.2, 0) is 6.54 Å². The van der Waals surface area contributed by atoms with Crippen LogP contribution in [0.15, 0.2) is 12.1 Å². The lowest BCUT2D eigenvalue weighted by atomic mass is 10.0. The Labute approximate surface area is 112 Å². The minimum Gasteiger partial charge on any atom is -0.394 e. The molecule has 0 saturated carbocycles. The number of hydrogen-bond acceptors (Lipinski definition) is 3. The van der Waals surface area contributed by atoms with Gasteiger partial charge in [-0.3, -0.25) is 0 Å².